The van der Waals surface area contributed by atoms with Crippen LogP contribution in [0.4, 0.5) is 0 Å². The van der Waals surface area contributed by atoms with Crippen molar-refractivity contribution in [3.05, 3.63) is 39.3 Å². The molecule has 0 saturated carbocycles. The molecule has 4 nitrogen and oxygen atoms in total. The average Bonchev–Trinajstić information content (AvgIpc) is 2.94. The second-order valence-corrected chi connectivity index (χ2v) is 6.10. The van der Waals surface area contributed by atoms with E-state index >= 15 is 0 Å². The van der Waals surface area contributed by atoms with E-state index in [-0.39, 0.29) is 5.56 Å². The molecule has 0 atom stereocenters. The molecule has 1 aliphatic carbocycles. The monoisotopic (exact) mass is 289 g/mol. The Kier molecular flexibility index (Phi) is 4.28. The van der Waals surface area contributed by atoms with Crippen LogP contribution in [0, 0.1) is 0 Å². The summed E-state index contributed by atoms with van der Waals surface area (Å²) in [5.74, 6) is 0.721. The molecule has 0 amide bonds. The lowest BCUT2D eigenvalue weighted by atomic mass is 9.97. The first kappa shape index (κ1) is 13.5. The average molecular weight is 289 g/mol. The Balaban J connectivity index is 1.54. The highest BCUT2D eigenvalue weighted by Crippen LogP contribution is 2.19. The number of thiophene rings is 1. The number of rotatable bonds is 5. The zero-order valence-electron chi connectivity index (χ0n) is 11.4. The predicted molar refractivity (Wildman–Crippen MR) is 83.1 cm³/mol. The number of hydrogen-bond acceptors (Lipinski definition) is 4. The fraction of sp³-hybridized carbons (Fsp3) is 0.467. The molecule has 0 spiro atoms. The van der Waals surface area contributed by atoms with Gasteiger partial charge in [-0.15, -0.1) is 11.3 Å². The van der Waals surface area contributed by atoms with Gasteiger partial charge in [0.25, 0.3) is 5.56 Å². The quantitative estimate of drug-likeness (QED) is 0.657. The lowest BCUT2D eigenvalue weighted by molar-refractivity contribution is 0.621. The summed E-state index contributed by atoms with van der Waals surface area (Å²) in [6.45, 7) is 1.56. The Labute approximate surface area is 121 Å². The maximum absolute atomic E-state index is 11.8. The third-order valence-electron chi connectivity index (χ3n) is 3.66. The fourth-order valence-corrected chi connectivity index (χ4v) is 3.32. The van der Waals surface area contributed by atoms with E-state index in [1.807, 2.05) is 11.4 Å². The van der Waals surface area contributed by atoms with Gasteiger partial charge in [0.1, 0.15) is 10.5 Å². The van der Waals surface area contributed by atoms with Crippen molar-refractivity contribution in [1.29, 1.82) is 0 Å². The van der Waals surface area contributed by atoms with Crippen LogP contribution < -0.4 is 10.9 Å². The Hall–Kier alpha value is -1.46. The molecule has 0 aromatic carbocycles. The molecular weight excluding hydrogens is 270 g/mol. The molecule has 0 radical (unpaired) electrons. The van der Waals surface area contributed by atoms with Gasteiger partial charge in [-0.05, 0) is 50.1 Å². The molecule has 0 fully saturated rings. The molecule has 106 valence electrons. The molecule has 2 aromatic rings. The summed E-state index contributed by atoms with van der Waals surface area (Å²) in [5.41, 5.74) is 2.33. The molecule has 3 rings (SSSR count). The van der Waals surface area contributed by atoms with Crippen molar-refractivity contribution in [3.8, 4) is 0 Å². The molecular formula is C15H19N3OS. The topological polar surface area (TPSA) is 57.8 Å². The maximum atomic E-state index is 11.8. The molecule has 1 aliphatic rings. The highest BCUT2D eigenvalue weighted by Gasteiger charge is 2.05. The van der Waals surface area contributed by atoms with Crippen molar-refractivity contribution in [3.63, 3.8) is 0 Å². The van der Waals surface area contributed by atoms with E-state index in [0.29, 0.717) is 11.2 Å². The smallest absolute Gasteiger partial charge is 0.268 e. The van der Waals surface area contributed by atoms with Gasteiger partial charge in [-0.3, -0.25) is 4.79 Å². The third-order valence-corrected chi connectivity index (χ3v) is 4.57. The summed E-state index contributed by atoms with van der Waals surface area (Å²) in [6.07, 6.45) is 8.63. The maximum Gasteiger partial charge on any atom is 0.268 e. The summed E-state index contributed by atoms with van der Waals surface area (Å²) in [4.78, 5) is 19.1. The van der Waals surface area contributed by atoms with Gasteiger partial charge in [-0.2, -0.15) is 0 Å². The molecule has 2 aromatic heterocycles. The van der Waals surface area contributed by atoms with E-state index < -0.39 is 0 Å². The second kappa shape index (κ2) is 6.33. The van der Waals surface area contributed by atoms with Gasteiger partial charge in [-0.1, -0.05) is 11.6 Å². The highest BCUT2D eigenvalue weighted by atomic mass is 32.1. The number of H-pyrrole nitrogens is 1. The molecule has 20 heavy (non-hydrogen) atoms. The van der Waals surface area contributed by atoms with Crippen LogP contribution in [0.5, 0.6) is 0 Å². The number of nitrogens with zero attached hydrogens (tertiary/aromatic N) is 1. The number of fused-ring (bicyclic) bond motifs is 1. The fourth-order valence-electron chi connectivity index (χ4n) is 2.59. The van der Waals surface area contributed by atoms with Crippen LogP contribution in [0.25, 0.3) is 10.2 Å². The summed E-state index contributed by atoms with van der Waals surface area (Å²) in [7, 11) is 0. The van der Waals surface area contributed by atoms with E-state index in [2.05, 4.69) is 21.4 Å². The van der Waals surface area contributed by atoms with Crippen LogP contribution in [0.15, 0.2) is 27.9 Å². The first-order chi connectivity index (χ1) is 9.83. The minimum Gasteiger partial charge on any atom is -0.310 e. The van der Waals surface area contributed by atoms with E-state index in [1.165, 1.54) is 37.0 Å². The molecule has 2 heterocycles. The van der Waals surface area contributed by atoms with Gasteiger partial charge < -0.3 is 10.3 Å². The summed E-state index contributed by atoms with van der Waals surface area (Å²) < 4.78 is 0.709. The number of hydrogen-bond donors (Lipinski definition) is 2. The number of nitrogens with one attached hydrogen (secondary N) is 2. The van der Waals surface area contributed by atoms with Crippen LogP contribution in [-0.4, -0.2) is 16.5 Å². The van der Waals surface area contributed by atoms with E-state index in [0.717, 1.165) is 24.3 Å². The Morgan fingerprint density at radius 1 is 1.40 bits per heavy atom. The second-order valence-electron chi connectivity index (χ2n) is 5.18. The zero-order chi connectivity index (χ0) is 13.8. The van der Waals surface area contributed by atoms with Crippen LogP contribution in [-0.2, 0) is 6.54 Å². The number of allylic oxidation sites excluding steroid dienone is 1. The summed E-state index contributed by atoms with van der Waals surface area (Å²) in [5, 5.41) is 5.27. The molecule has 0 aliphatic heterocycles. The lowest BCUT2D eigenvalue weighted by Crippen LogP contribution is -2.20. The van der Waals surface area contributed by atoms with Gasteiger partial charge in [0.05, 0.1) is 12.1 Å². The van der Waals surface area contributed by atoms with E-state index in [4.69, 9.17) is 0 Å². The first-order valence-corrected chi connectivity index (χ1v) is 8.06. The lowest BCUT2D eigenvalue weighted by Gasteiger charge is -2.12. The van der Waals surface area contributed by atoms with Gasteiger partial charge in [0.2, 0.25) is 0 Å². The van der Waals surface area contributed by atoms with Gasteiger partial charge in [-0.25, -0.2) is 4.98 Å². The normalized spacial score (nSPS) is 15.5. The van der Waals surface area contributed by atoms with Crippen molar-refractivity contribution in [2.75, 3.05) is 6.54 Å². The van der Waals surface area contributed by atoms with Crippen LogP contribution >= 0.6 is 11.3 Å². The largest absolute Gasteiger partial charge is 0.310 e. The van der Waals surface area contributed by atoms with Crippen molar-refractivity contribution in [2.24, 2.45) is 0 Å². The van der Waals surface area contributed by atoms with Crippen LogP contribution in [0.2, 0.25) is 0 Å². The molecule has 5 heteroatoms. The summed E-state index contributed by atoms with van der Waals surface area (Å²) >= 11 is 1.44. The van der Waals surface area contributed by atoms with Gasteiger partial charge >= 0.3 is 0 Å². The molecule has 0 unspecified atom stereocenters. The standard InChI is InChI=1S/C15H19N3OS/c19-15-14-12(7-9-20-14)17-13(18-15)10-16-8-6-11-4-2-1-3-5-11/h4,7,9,16H,1-3,5-6,8,10H2,(H,17,18,19). The molecule has 0 bridgehead atoms. The molecule has 2 N–H and O–H groups in total. The van der Waals surface area contributed by atoms with Crippen LogP contribution in [0.3, 0.4) is 0 Å². The third kappa shape index (κ3) is 3.16. The first-order valence-electron chi connectivity index (χ1n) is 7.18. The van der Waals surface area contributed by atoms with E-state index in [1.54, 1.807) is 5.57 Å². The van der Waals surface area contributed by atoms with Crippen molar-refractivity contribution in [2.45, 2.75) is 38.6 Å². The predicted octanol–water partition coefficient (Wildman–Crippen LogP) is 2.96. The molecule has 0 saturated heterocycles. The number of aromatic nitrogens is 2. The number of aromatic amines is 1. The minimum absolute atomic E-state index is 0.0308. The Morgan fingerprint density at radius 3 is 3.20 bits per heavy atom. The highest BCUT2D eigenvalue weighted by molar-refractivity contribution is 7.17. The van der Waals surface area contributed by atoms with Crippen molar-refractivity contribution in [1.82, 2.24) is 15.3 Å². The zero-order valence-corrected chi connectivity index (χ0v) is 12.3. The Bertz CT molecular complexity index is 671. The van der Waals surface area contributed by atoms with Crippen molar-refractivity contribution < 1.29 is 0 Å². The Morgan fingerprint density at radius 2 is 2.35 bits per heavy atom. The van der Waals surface area contributed by atoms with E-state index in [9.17, 15) is 4.79 Å². The minimum atomic E-state index is -0.0308. The van der Waals surface area contributed by atoms with Crippen molar-refractivity contribution >= 4 is 21.6 Å². The van der Waals surface area contributed by atoms with Gasteiger partial charge in [0, 0.05) is 0 Å². The van der Waals surface area contributed by atoms with Gasteiger partial charge in [0.15, 0.2) is 0 Å². The van der Waals surface area contributed by atoms with Crippen LogP contribution in [0.1, 0.15) is 37.9 Å². The summed E-state index contributed by atoms with van der Waals surface area (Å²) in [6, 6.07) is 1.89. The SMILES string of the molecule is O=c1[nH]c(CNCCC2=CCCCC2)nc2ccsc12.